The first kappa shape index (κ1) is 18.0. The van der Waals surface area contributed by atoms with Gasteiger partial charge in [-0.1, -0.05) is 29.4 Å². The van der Waals surface area contributed by atoms with Crippen molar-refractivity contribution in [2.75, 3.05) is 11.1 Å². The quantitative estimate of drug-likeness (QED) is 0.627. The third-order valence-corrected chi connectivity index (χ3v) is 4.33. The highest BCUT2D eigenvalue weighted by atomic mass is 35.5. The molecule has 3 aromatic rings. The van der Waals surface area contributed by atoms with Crippen molar-refractivity contribution in [2.45, 2.75) is 5.22 Å². The maximum atomic E-state index is 12.0. The van der Waals surface area contributed by atoms with E-state index in [-0.39, 0.29) is 16.9 Å². The van der Waals surface area contributed by atoms with Crippen molar-refractivity contribution in [3.63, 3.8) is 0 Å². The van der Waals surface area contributed by atoms with E-state index in [1.807, 2.05) is 0 Å². The summed E-state index contributed by atoms with van der Waals surface area (Å²) in [5.41, 5.74) is 6.76. The summed E-state index contributed by atoms with van der Waals surface area (Å²) in [4.78, 5) is 23.2. The smallest absolute Gasteiger partial charge is 0.277 e. The first-order valence-corrected chi connectivity index (χ1v) is 8.79. The number of benzene rings is 2. The van der Waals surface area contributed by atoms with Crippen LogP contribution < -0.4 is 11.1 Å². The van der Waals surface area contributed by atoms with Crippen molar-refractivity contribution in [1.29, 1.82) is 0 Å². The molecule has 0 radical (unpaired) electrons. The molecule has 3 rings (SSSR count). The van der Waals surface area contributed by atoms with Gasteiger partial charge in [0.2, 0.25) is 17.7 Å². The number of nitrogens with two attached hydrogens (primary N) is 1. The van der Waals surface area contributed by atoms with E-state index >= 15 is 0 Å². The molecule has 2 aromatic carbocycles. The molecule has 132 valence electrons. The Balaban J connectivity index is 1.57. The maximum Gasteiger partial charge on any atom is 0.277 e. The summed E-state index contributed by atoms with van der Waals surface area (Å²) >= 11 is 6.95. The molecule has 0 aliphatic heterocycles. The zero-order valence-electron chi connectivity index (χ0n) is 13.3. The number of anilines is 1. The second-order valence-corrected chi connectivity index (χ2v) is 6.52. The maximum absolute atomic E-state index is 12.0. The second-order valence-electron chi connectivity index (χ2n) is 5.16. The Kier molecular flexibility index (Phi) is 5.55. The van der Waals surface area contributed by atoms with Gasteiger partial charge < -0.3 is 15.5 Å². The number of carbonyl (C=O) groups is 2. The number of aromatic nitrogens is 2. The van der Waals surface area contributed by atoms with Gasteiger partial charge in [0.25, 0.3) is 5.22 Å². The zero-order chi connectivity index (χ0) is 18.5. The Morgan fingerprint density at radius 3 is 2.65 bits per heavy atom. The van der Waals surface area contributed by atoms with Gasteiger partial charge in [-0.05, 0) is 42.5 Å². The van der Waals surface area contributed by atoms with Gasteiger partial charge in [-0.15, -0.1) is 10.2 Å². The van der Waals surface area contributed by atoms with Gasteiger partial charge in [0.15, 0.2) is 0 Å². The highest BCUT2D eigenvalue weighted by Crippen LogP contribution is 2.24. The monoisotopic (exact) mass is 388 g/mol. The molecule has 0 bridgehead atoms. The van der Waals surface area contributed by atoms with Crippen molar-refractivity contribution in [3.05, 3.63) is 59.1 Å². The lowest BCUT2D eigenvalue weighted by atomic mass is 10.2. The van der Waals surface area contributed by atoms with Crippen molar-refractivity contribution < 1.29 is 14.0 Å². The Morgan fingerprint density at radius 2 is 1.92 bits per heavy atom. The van der Waals surface area contributed by atoms with Crippen molar-refractivity contribution >= 4 is 40.9 Å². The van der Waals surface area contributed by atoms with Crippen LogP contribution >= 0.6 is 23.4 Å². The molecule has 3 N–H and O–H groups in total. The molecule has 26 heavy (non-hydrogen) atoms. The first-order valence-electron chi connectivity index (χ1n) is 7.43. The summed E-state index contributed by atoms with van der Waals surface area (Å²) in [6.07, 6.45) is 0. The fraction of sp³-hybridized carbons (Fsp3) is 0.0588. The molecule has 2 amide bonds. The van der Waals surface area contributed by atoms with Gasteiger partial charge >= 0.3 is 0 Å². The molecule has 0 saturated carbocycles. The summed E-state index contributed by atoms with van der Waals surface area (Å²) in [7, 11) is 0. The minimum absolute atomic E-state index is 0.0725. The van der Waals surface area contributed by atoms with Crippen molar-refractivity contribution in [3.8, 4) is 11.5 Å². The number of nitrogens with zero attached hydrogens (tertiary/aromatic N) is 2. The predicted molar refractivity (Wildman–Crippen MR) is 99.1 cm³/mol. The van der Waals surface area contributed by atoms with Crippen LogP contribution in [0.1, 0.15) is 10.4 Å². The lowest BCUT2D eigenvalue weighted by molar-refractivity contribution is -0.113. The van der Waals surface area contributed by atoms with Crippen LogP contribution in [0, 0.1) is 0 Å². The van der Waals surface area contributed by atoms with Crippen LogP contribution in [-0.4, -0.2) is 27.8 Å². The average Bonchev–Trinajstić information content (AvgIpc) is 3.10. The minimum Gasteiger partial charge on any atom is -0.411 e. The number of primary amides is 1. The molecule has 0 saturated heterocycles. The highest BCUT2D eigenvalue weighted by molar-refractivity contribution is 7.99. The first-order chi connectivity index (χ1) is 12.5. The van der Waals surface area contributed by atoms with E-state index < -0.39 is 5.91 Å². The Hall–Kier alpha value is -2.84. The van der Waals surface area contributed by atoms with E-state index in [0.29, 0.717) is 22.2 Å². The molecule has 9 heteroatoms. The summed E-state index contributed by atoms with van der Waals surface area (Å²) in [5, 5.41) is 11.4. The van der Waals surface area contributed by atoms with Gasteiger partial charge in [-0.3, -0.25) is 9.59 Å². The SMILES string of the molecule is NC(=O)c1cccc(NC(=O)CSc2nnc(-c3ccc(Cl)cc3)o2)c1. The molecule has 0 fully saturated rings. The Morgan fingerprint density at radius 1 is 1.15 bits per heavy atom. The molecule has 7 nitrogen and oxygen atoms in total. The number of thioether (sulfide) groups is 1. The Bertz CT molecular complexity index is 943. The average molecular weight is 389 g/mol. The third-order valence-electron chi connectivity index (χ3n) is 3.26. The van der Waals surface area contributed by atoms with Crippen molar-refractivity contribution in [1.82, 2.24) is 10.2 Å². The normalized spacial score (nSPS) is 10.5. The van der Waals surface area contributed by atoms with Crippen LogP contribution in [-0.2, 0) is 4.79 Å². The standard InChI is InChI=1S/C17H13ClN4O3S/c18-12-6-4-10(5-7-12)16-21-22-17(25-16)26-9-14(23)20-13-3-1-2-11(8-13)15(19)24/h1-8H,9H2,(H2,19,24)(H,20,23). The number of hydrogen-bond donors (Lipinski definition) is 2. The zero-order valence-corrected chi connectivity index (χ0v) is 14.9. The second kappa shape index (κ2) is 8.03. The van der Waals surface area contributed by atoms with Crippen LogP contribution in [0.3, 0.4) is 0 Å². The molecule has 0 atom stereocenters. The van der Waals surface area contributed by atoms with Crippen LogP contribution in [0.2, 0.25) is 5.02 Å². The molecule has 0 aliphatic carbocycles. The topological polar surface area (TPSA) is 111 Å². The summed E-state index contributed by atoms with van der Waals surface area (Å²) in [5.74, 6) is -0.416. The molecular weight excluding hydrogens is 376 g/mol. The Labute approximate surface area is 157 Å². The molecular formula is C17H13ClN4O3S. The van der Waals surface area contributed by atoms with E-state index in [9.17, 15) is 9.59 Å². The highest BCUT2D eigenvalue weighted by Gasteiger charge is 2.12. The molecule has 0 unspecified atom stereocenters. The molecule has 0 aliphatic rings. The van der Waals surface area contributed by atoms with E-state index in [1.165, 1.54) is 6.07 Å². The van der Waals surface area contributed by atoms with E-state index in [1.54, 1.807) is 42.5 Å². The largest absolute Gasteiger partial charge is 0.411 e. The summed E-state index contributed by atoms with van der Waals surface area (Å²) in [6, 6.07) is 13.4. The van der Waals surface area contributed by atoms with Crippen LogP contribution in [0.15, 0.2) is 58.2 Å². The van der Waals surface area contributed by atoms with E-state index in [4.69, 9.17) is 21.8 Å². The molecule has 0 spiro atoms. The summed E-state index contributed by atoms with van der Waals surface area (Å²) in [6.45, 7) is 0. The van der Waals surface area contributed by atoms with Gasteiger partial charge in [-0.25, -0.2) is 0 Å². The third kappa shape index (κ3) is 4.62. The number of halogens is 1. The van der Waals surface area contributed by atoms with Crippen LogP contribution in [0.25, 0.3) is 11.5 Å². The molecule has 1 aromatic heterocycles. The van der Waals surface area contributed by atoms with Gasteiger partial charge in [0.05, 0.1) is 5.75 Å². The number of carbonyl (C=O) groups excluding carboxylic acids is 2. The van der Waals surface area contributed by atoms with E-state index in [0.717, 1.165) is 17.3 Å². The van der Waals surface area contributed by atoms with Crippen molar-refractivity contribution in [2.24, 2.45) is 5.73 Å². The lowest BCUT2D eigenvalue weighted by Gasteiger charge is -2.05. The van der Waals surface area contributed by atoms with Gasteiger partial charge in [-0.2, -0.15) is 0 Å². The van der Waals surface area contributed by atoms with Gasteiger partial charge in [0, 0.05) is 21.8 Å². The summed E-state index contributed by atoms with van der Waals surface area (Å²) < 4.78 is 5.52. The number of hydrogen-bond acceptors (Lipinski definition) is 6. The van der Waals surface area contributed by atoms with Gasteiger partial charge in [0.1, 0.15) is 0 Å². The predicted octanol–water partition coefficient (Wildman–Crippen LogP) is 3.22. The fourth-order valence-corrected chi connectivity index (χ4v) is 2.74. The minimum atomic E-state index is -0.559. The van der Waals surface area contributed by atoms with Crippen LogP contribution in [0.5, 0.6) is 0 Å². The number of nitrogens with one attached hydrogen (secondary N) is 1. The fourth-order valence-electron chi connectivity index (χ4n) is 2.05. The molecule has 1 heterocycles. The van der Waals surface area contributed by atoms with Crippen LogP contribution in [0.4, 0.5) is 5.69 Å². The number of rotatable bonds is 6. The lowest BCUT2D eigenvalue weighted by Crippen LogP contribution is -2.15. The number of amides is 2. The van der Waals surface area contributed by atoms with E-state index in [2.05, 4.69) is 15.5 Å².